The Kier molecular flexibility index (Phi) is 7.48. The molecule has 1 aromatic carbocycles. The van der Waals surface area contributed by atoms with Crippen LogP contribution in [0.1, 0.15) is 31.2 Å². The Bertz CT molecular complexity index is 797. The molecule has 1 heterocycles. The van der Waals surface area contributed by atoms with E-state index in [0.29, 0.717) is 0 Å². The van der Waals surface area contributed by atoms with Crippen LogP contribution in [-0.2, 0) is 27.1 Å². The molecule has 0 saturated heterocycles. The Morgan fingerprint density at radius 2 is 1.86 bits per heavy atom. The summed E-state index contributed by atoms with van der Waals surface area (Å²) in [6.45, 7) is 1.31. The zero-order valence-electron chi connectivity index (χ0n) is 15.1. The first-order chi connectivity index (χ1) is 13.3. The van der Waals surface area contributed by atoms with E-state index in [4.69, 9.17) is 9.47 Å². The number of rotatable bonds is 9. The lowest BCUT2D eigenvalue weighted by molar-refractivity contribution is -0.146. The van der Waals surface area contributed by atoms with Gasteiger partial charge in [0.1, 0.15) is 13.2 Å². The Morgan fingerprint density at radius 3 is 2.54 bits per heavy atom. The summed E-state index contributed by atoms with van der Waals surface area (Å²) in [5.74, 6) is -3.00. The number of benzene rings is 1. The molecule has 0 spiro atoms. The molecule has 2 aromatic rings. The number of carbonyl (C=O) groups is 2. The van der Waals surface area contributed by atoms with Gasteiger partial charge in [-0.2, -0.15) is 18.2 Å². The molecule has 28 heavy (non-hydrogen) atoms. The molecule has 150 valence electrons. The van der Waals surface area contributed by atoms with Gasteiger partial charge in [0.05, 0.1) is 0 Å². The number of nitrogens with zero attached hydrogens (tertiary/aromatic N) is 2. The van der Waals surface area contributed by atoms with E-state index in [9.17, 15) is 22.8 Å². The molecule has 0 N–H and O–H groups in total. The van der Waals surface area contributed by atoms with Crippen molar-refractivity contribution in [3.8, 4) is 5.88 Å². The zero-order chi connectivity index (χ0) is 20.6. The van der Waals surface area contributed by atoms with Crippen LogP contribution in [0.4, 0.5) is 13.2 Å². The minimum atomic E-state index is -4.70. The number of ether oxygens (including phenoxy) is 2. The monoisotopic (exact) mass is 396 g/mol. The van der Waals surface area contributed by atoms with Crippen molar-refractivity contribution in [1.29, 1.82) is 0 Å². The molecule has 0 bridgehead atoms. The largest absolute Gasteiger partial charge is 0.470 e. The Hall–Kier alpha value is -2.97. The molecule has 0 amide bonds. The molecule has 2 rings (SSSR count). The Morgan fingerprint density at radius 1 is 1.14 bits per heavy atom. The van der Waals surface area contributed by atoms with E-state index in [2.05, 4.69) is 9.97 Å². The van der Waals surface area contributed by atoms with Crippen LogP contribution in [0.15, 0.2) is 42.6 Å². The predicted molar refractivity (Wildman–Crippen MR) is 92.2 cm³/mol. The van der Waals surface area contributed by atoms with E-state index in [0.717, 1.165) is 17.8 Å². The molecular formula is C19H19F3N2O4. The van der Waals surface area contributed by atoms with E-state index >= 15 is 0 Å². The van der Waals surface area contributed by atoms with Crippen LogP contribution in [0.2, 0.25) is 0 Å². The summed E-state index contributed by atoms with van der Waals surface area (Å²) >= 11 is 0. The van der Waals surface area contributed by atoms with Gasteiger partial charge in [-0.15, -0.1) is 0 Å². The maximum absolute atomic E-state index is 12.6. The molecule has 0 saturated carbocycles. The smallest absolute Gasteiger partial charge is 0.451 e. The molecule has 1 atom stereocenters. The Labute approximate surface area is 159 Å². The maximum Gasteiger partial charge on any atom is 0.451 e. The lowest BCUT2D eigenvalue weighted by Crippen LogP contribution is -2.21. The van der Waals surface area contributed by atoms with Crippen molar-refractivity contribution < 1.29 is 32.2 Å². The average Bonchev–Trinajstić information content (AvgIpc) is 2.69. The second-order valence-corrected chi connectivity index (χ2v) is 6.06. The van der Waals surface area contributed by atoms with E-state index in [-0.39, 0.29) is 31.1 Å². The second-order valence-electron chi connectivity index (χ2n) is 6.06. The number of aromatic nitrogens is 2. The van der Waals surface area contributed by atoms with Gasteiger partial charge in [0.2, 0.25) is 11.7 Å². The molecule has 0 aliphatic rings. The fourth-order valence-electron chi connectivity index (χ4n) is 2.15. The summed E-state index contributed by atoms with van der Waals surface area (Å²) in [6, 6.07) is 10.3. The number of Topliss-reactive ketones (excluding diaryl/α,β-unsaturated/α-hetero) is 1. The molecule has 6 nitrogen and oxygen atoms in total. The van der Waals surface area contributed by atoms with Crippen molar-refractivity contribution >= 4 is 11.8 Å². The fraction of sp³-hybridized carbons (Fsp3) is 0.368. The third-order valence-corrected chi connectivity index (χ3v) is 3.82. The molecule has 0 aliphatic heterocycles. The van der Waals surface area contributed by atoms with Gasteiger partial charge in [0.15, 0.2) is 5.78 Å². The summed E-state index contributed by atoms with van der Waals surface area (Å²) in [7, 11) is 0. The summed E-state index contributed by atoms with van der Waals surface area (Å²) < 4.78 is 47.8. The van der Waals surface area contributed by atoms with Crippen LogP contribution < -0.4 is 4.74 Å². The highest BCUT2D eigenvalue weighted by atomic mass is 19.4. The van der Waals surface area contributed by atoms with Crippen LogP contribution in [0.5, 0.6) is 5.88 Å². The molecule has 0 fully saturated rings. The highest BCUT2D eigenvalue weighted by Gasteiger charge is 2.34. The molecule has 0 unspecified atom stereocenters. The minimum absolute atomic E-state index is 0.0471. The van der Waals surface area contributed by atoms with Gasteiger partial charge in [-0.25, -0.2) is 4.98 Å². The van der Waals surface area contributed by atoms with Gasteiger partial charge in [-0.3, -0.25) is 9.59 Å². The summed E-state index contributed by atoms with van der Waals surface area (Å²) in [5, 5.41) is 0. The maximum atomic E-state index is 12.6. The summed E-state index contributed by atoms with van der Waals surface area (Å²) in [4.78, 5) is 30.1. The molecule has 1 aromatic heterocycles. The molecule has 0 aliphatic carbocycles. The van der Waals surface area contributed by atoms with Gasteiger partial charge in [0.25, 0.3) is 0 Å². The van der Waals surface area contributed by atoms with Crippen LogP contribution in [0, 0.1) is 5.92 Å². The number of halogens is 3. The van der Waals surface area contributed by atoms with Gasteiger partial charge in [-0.05, 0) is 12.0 Å². The number of hydrogen-bond donors (Lipinski definition) is 0. The van der Waals surface area contributed by atoms with Crippen molar-refractivity contribution in [2.75, 3.05) is 6.61 Å². The van der Waals surface area contributed by atoms with Crippen molar-refractivity contribution in [3.05, 3.63) is 54.0 Å². The topological polar surface area (TPSA) is 78.4 Å². The summed E-state index contributed by atoms with van der Waals surface area (Å²) in [5.41, 5.74) is 0.858. The second kappa shape index (κ2) is 9.82. The standard InChI is InChI=1S/C19H19F3N2O4/c1-13(7-8-17(26)28-11-14-5-3-2-4-6-14)15(25)12-27-16-9-10-23-18(24-16)19(20,21)22/h2-6,9-10,13H,7-8,11-12H2,1H3/t13-/m0/s1. The van der Waals surface area contributed by atoms with E-state index in [1.807, 2.05) is 30.3 Å². The predicted octanol–water partition coefficient (Wildman–Crippen LogP) is 3.60. The van der Waals surface area contributed by atoms with Crippen molar-refractivity contribution in [2.45, 2.75) is 32.5 Å². The third kappa shape index (κ3) is 6.98. The normalized spacial score (nSPS) is 12.3. The lowest BCUT2D eigenvalue weighted by atomic mass is 10.0. The fourth-order valence-corrected chi connectivity index (χ4v) is 2.15. The third-order valence-electron chi connectivity index (χ3n) is 3.82. The van der Waals surface area contributed by atoms with Gasteiger partial charge in [0, 0.05) is 24.6 Å². The first kappa shape index (κ1) is 21.3. The highest BCUT2D eigenvalue weighted by molar-refractivity contribution is 5.82. The quantitative estimate of drug-likeness (QED) is 0.603. The van der Waals surface area contributed by atoms with Crippen LogP contribution in [-0.4, -0.2) is 28.3 Å². The molecule has 0 radical (unpaired) electrons. The average molecular weight is 396 g/mol. The van der Waals surface area contributed by atoms with Crippen molar-refractivity contribution in [3.63, 3.8) is 0 Å². The molecule has 9 heteroatoms. The number of esters is 1. The first-order valence-electron chi connectivity index (χ1n) is 8.51. The van der Waals surface area contributed by atoms with E-state index < -0.39 is 30.5 Å². The van der Waals surface area contributed by atoms with Gasteiger partial charge in [-0.1, -0.05) is 37.3 Å². The van der Waals surface area contributed by atoms with E-state index in [1.54, 1.807) is 6.92 Å². The van der Waals surface area contributed by atoms with Crippen LogP contribution in [0.25, 0.3) is 0 Å². The van der Waals surface area contributed by atoms with Gasteiger partial charge < -0.3 is 9.47 Å². The Balaban J connectivity index is 1.73. The minimum Gasteiger partial charge on any atom is -0.470 e. The molecular weight excluding hydrogens is 377 g/mol. The van der Waals surface area contributed by atoms with Crippen LogP contribution in [0.3, 0.4) is 0 Å². The zero-order valence-corrected chi connectivity index (χ0v) is 15.1. The van der Waals surface area contributed by atoms with Crippen LogP contribution >= 0.6 is 0 Å². The summed E-state index contributed by atoms with van der Waals surface area (Å²) in [6.07, 6.45) is -3.50. The number of ketones is 1. The van der Waals surface area contributed by atoms with Crippen molar-refractivity contribution in [1.82, 2.24) is 9.97 Å². The highest BCUT2D eigenvalue weighted by Crippen LogP contribution is 2.26. The van der Waals surface area contributed by atoms with Crippen molar-refractivity contribution in [2.24, 2.45) is 5.92 Å². The van der Waals surface area contributed by atoms with Gasteiger partial charge >= 0.3 is 12.1 Å². The lowest BCUT2D eigenvalue weighted by Gasteiger charge is -2.12. The van der Waals surface area contributed by atoms with E-state index in [1.165, 1.54) is 0 Å². The number of hydrogen-bond acceptors (Lipinski definition) is 6. The first-order valence-corrected chi connectivity index (χ1v) is 8.51. The number of carbonyl (C=O) groups excluding carboxylic acids is 2. The SMILES string of the molecule is C[C@@H](CCC(=O)OCc1ccccc1)C(=O)COc1ccnc(C(F)(F)F)n1. The number of alkyl halides is 3.